The lowest BCUT2D eigenvalue weighted by atomic mass is 9.82. The van der Waals surface area contributed by atoms with E-state index in [1.807, 2.05) is 6.92 Å². The zero-order chi connectivity index (χ0) is 25.0. The number of nitriles is 1. The second-order valence-electron chi connectivity index (χ2n) is 11.4. The predicted molar refractivity (Wildman–Crippen MR) is 135 cm³/mol. The minimum Gasteiger partial charge on any atom is -0.473 e. The van der Waals surface area contributed by atoms with E-state index in [1.165, 1.54) is 6.33 Å². The number of aromatic nitrogens is 2. The molecule has 1 saturated carbocycles. The van der Waals surface area contributed by atoms with Crippen LogP contribution in [0.1, 0.15) is 70.4 Å². The van der Waals surface area contributed by atoms with Gasteiger partial charge in [0.05, 0.1) is 27.9 Å². The van der Waals surface area contributed by atoms with Crippen LogP contribution >= 0.6 is 11.6 Å². The molecule has 1 aromatic heterocycles. The molecule has 3 atom stereocenters. The maximum absolute atomic E-state index is 13.2. The van der Waals surface area contributed by atoms with E-state index in [-0.39, 0.29) is 29.0 Å². The number of nitrogens with one attached hydrogen (secondary N) is 1. The summed E-state index contributed by atoms with van der Waals surface area (Å²) in [4.78, 5) is 24.3. The summed E-state index contributed by atoms with van der Waals surface area (Å²) in [6.07, 6.45) is 7.26. The molecule has 0 radical (unpaired) electrons. The quantitative estimate of drug-likeness (QED) is 0.567. The number of rotatable bonds is 5. The van der Waals surface area contributed by atoms with Crippen LogP contribution in [0.4, 0.5) is 11.5 Å². The molecule has 3 fully saturated rings. The number of carbonyl (C=O) groups is 1. The van der Waals surface area contributed by atoms with Gasteiger partial charge in [-0.25, -0.2) is 9.97 Å². The highest BCUT2D eigenvalue weighted by Gasteiger charge is 2.65. The Morgan fingerprint density at radius 3 is 2.74 bits per heavy atom. The molecule has 1 aliphatic carbocycles. The van der Waals surface area contributed by atoms with Crippen molar-refractivity contribution in [3.05, 3.63) is 40.7 Å². The minimum absolute atomic E-state index is 0.0140. The molecule has 3 aliphatic rings. The first-order valence-electron chi connectivity index (χ1n) is 12.4. The van der Waals surface area contributed by atoms with Crippen LogP contribution in [0.25, 0.3) is 0 Å². The van der Waals surface area contributed by atoms with Crippen molar-refractivity contribution in [2.45, 2.75) is 84.4 Å². The normalized spacial score (nSPS) is 24.2. The maximum Gasteiger partial charge on any atom is 0.223 e. The maximum atomic E-state index is 13.2. The lowest BCUT2D eigenvalue weighted by Crippen LogP contribution is -2.56. The van der Waals surface area contributed by atoms with Crippen molar-refractivity contribution in [2.24, 2.45) is 10.8 Å². The average molecular weight is 494 g/mol. The van der Waals surface area contributed by atoms with Gasteiger partial charge in [0.1, 0.15) is 18.2 Å². The van der Waals surface area contributed by atoms with E-state index in [0.29, 0.717) is 40.3 Å². The fourth-order valence-corrected chi connectivity index (χ4v) is 6.12. The third-order valence-electron chi connectivity index (χ3n) is 7.73. The molecular formula is C27H32ClN5O2. The molecule has 1 amide bonds. The van der Waals surface area contributed by atoms with Crippen molar-refractivity contribution in [3.63, 3.8) is 0 Å². The van der Waals surface area contributed by atoms with Gasteiger partial charge >= 0.3 is 0 Å². The second kappa shape index (κ2) is 8.67. The molecule has 2 aromatic rings. The van der Waals surface area contributed by atoms with Crippen molar-refractivity contribution in [1.29, 1.82) is 5.26 Å². The molecule has 35 heavy (non-hydrogen) atoms. The average Bonchev–Trinajstić information content (AvgIpc) is 3.50. The summed E-state index contributed by atoms with van der Waals surface area (Å²) < 4.78 is 6.61. The number of fused-ring (bicyclic) bond motifs is 3. The first-order valence-corrected chi connectivity index (χ1v) is 12.8. The number of ether oxygens (including phenoxy) is 1. The van der Waals surface area contributed by atoms with Gasteiger partial charge in [-0.2, -0.15) is 5.26 Å². The Morgan fingerprint density at radius 2 is 2.09 bits per heavy atom. The van der Waals surface area contributed by atoms with Gasteiger partial charge in [0.15, 0.2) is 0 Å². The Kier molecular flexibility index (Phi) is 5.91. The van der Waals surface area contributed by atoms with Crippen LogP contribution in [0.3, 0.4) is 0 Å². The first-order chi connectivity index (χ1) is 16.6. The van der Waals surface area contributed by atoms with Gasteiger partial charge in [0.2, 0.25) is 11.8 Å². The van der Waals surface area contributed by atoms with Gasteiger partial charge in [0.25, 0.3) is 0 Å². The highest BCUT2D eigenvalue weighted by atomic mass is 35.5. The topological polar surface area (TPSA) is 91.1 Å². The monoisotopic (exact) mass is 493 g/mol. The van der Waals surface area contributed by atoms with E-state index < -0.39 is 0 Å². The minimum atomic E-state index is -0.0140. The number of benzene rings is 1. The van der Waals surface area contributed by atoms with E-state index in [1.54, 1.807) is 18.2 Å². The molecule has 2 bridgehead atoms. The molecule has 2 aliphatic heterocycles. The molecule has 8 heteroatoms. The SMILES string of the molecule is Cc1c(Nc2ccc(C#N)cc2Cl)ncnc1OC1CC2CCC(N2C(=O)CC(C)(C)C)C12CC2. The zero-order valence-corrected chi connectivity index (χ0v) is 21.5. The summed E-state index contributed by atoms with van der Waals surface area (Å²) in [7, 11) is 0. The summed E-state index contributed by atoms with van der Waals surface area (Å²) in [6.45, 7) is 8.32. The summed E-state index contributed by atoms with van der Waals surface area (Å²) >= 11 is 6.35. The fourth-order valence-electron chi connectivity index (χ4n) is 5.89. The number of hydrogen-bond acceptors (Lipinski definition) is 6. The Hall–Kier alpha value is -2.85. The summed E-state index contributed by atoms with van der Waals surface area (Å²) in [5, 5.41) is 12.8. The number of carbonyl (C=O) groups excluding carboxylic acids is 1. The molecule has 2 saturated heterocycles. The van der Waals surface area contributed by atoms with Crippen LogP contribution in [-0.2, 0) is 4.79 Å². The Labute approximate surface area is 211 Å². The number of amides is 1. The van der Waals surface area contributed by atoms with Crippen molar-refractivity contribution in [2.75, 3.05) is 5.32 Å². The van der Waals surface area contributed by atoms with Gasteiger partial charge in [-0.15, -0.1) is 0 Å². The predicted octanol–water partition coefficient (Wildman–Crippen LogP) is 5.78. The van der Waals surface area contributed by atoms with E-state index in [0.717, 1.165) is 37.7 Å². The number of hydrogen-bond donors (Lipinski definition) is 1. The Balaban J connectivity index is 1.35. The first kappa shape index (κ1) is 23.9. The van der Waals surface area contributed by atoms with Crippen molar-refractivity contribution < 1.29 is 9.53 Å². The third-order valence-corrected chi connectivity index (χ3v) is 8.05. The summed E-state index contributed by atoms with van der Waals surface area (Å²) in [6, 6.07) is 7.69. The van der Waals surface area contributed by atoms with Crippen LogP contribution in [0.5, 0.6) is 5.88 Å². The van der Waals surface area contributed by atoms with E-state index in [4.69, 9.17) is 21.6 Å². The number of anilines is 2. The van der Waals surface area contributed by atoms with Crippen molar-refractivity contribution in [3.8, 4) is 11.9 Å². The summed E-state index contributed by atoms with van der Waals surface area (Å²) in [5.74, 6) is 1.48. The molecule has 1 aromatic carbocycles. The van der Waals surface area contributed by atoms with Crippen LogP contribution in [0.15, 0.2) is 24.5 Å². The molecule has 1 N–H and O–H groups in total. The van der Waals surface area contributed by atoms with Crippen LogP contribution in [0, 0.1) is 29.1 Å². The van der Waals surface area contributed by atoms with Gasteiger partial charge in [0, 0.05) is 30.3 Å². The van der Waals surface area contributed by atoms with E-state index >= 15 is 0 Å². The molecule has 1 spiro atoms. The van der Waals surface area contributed by atoms with E-state index in [2.05, 4.69) is 47.0 Å². The Bertz CT molecular complexity index is 1200. The van der Waals surface area contributed by atoms with Crippen LogP contribution in [0.2, 0.25) is 5.02 Å². The molecule has 3 heterocycles. The van der Waals surface area contributed by atoms with Crippen molar-refractivity contribution >= 4 is 29.0 Å². The molecular weight excluding hydrogens is 462 g/mol. The standard InChI is InChI=1S/C27H32ClN5O2/c1-16-24(32-20-7-5-17(14-29)11-19(20)28)30-15-31-25(16)35-22-12-18-6-8-21(27(22)9-10-27)33(18)23(34)13-26(2,3)4/h5,7,11,15,18,21-22H,6,8-10,12-13H2,1-4H3,(H,30,31,32). The molecule has 7 nitrogen and oxygen atoms in total. The summed E-state index contributed by atoms with van der Waals surface area (Å²) in [5.41, 5.74) is 1.99. The Morgan fingerprint density at radius 1 is 1.31 bits per heavy atom. The number of nitrogens with zero attached hydrogens (tertiary/aromatic N) is 4. The van der Waals surface area contributed by atoms with Gasteiger partial charge in [-0.05, 0) is 56.2 Å². The van der Waals surface area contributed by atoms with Gasteiger partial charge in [-0.3, -0.25) is 4.79 Å². The largest absolute Gasteiger partial charge is 0.473 e. The number of piperidine rings is 1. The number of halogens is 1. The second-order valence-corrected chi connectivity index (χ2v) is 11.9. The van der Waals surface area contributed by atoms with Gasteiger partial charge in [-0.1, -0.05) is 32.4 Å². The van der Waals surface area contributed by atoms with Gasteiger partial charge < -0.3 is 15.0 Å². The molecule has 184 valence electrons. The molecule has 3 unspecified atom stereocenters. The molecule has 5 rings (SSSR count). The van der Waals surface area contributed by atoms with Crippen molar-refractivity contribution in [1.82, 2.24) is 14.9 Å². The fraction of sp³-hybridized carbons (Fsp3) is 0.556. The lowest BCUT2D eigenvalue weighted by molar-refractivity contribution is -0.143. The van der Waals surface area contributed by atoms with Crippen LogP contribution < -0.4 is 10.1 Å². The van der Waals surface area contributed by atoms with E-state index in [9.17, 15) is 4.79 Å². The third kappa shape index (κ3) is 4.45. The van der Waals surface area contributed by atoms with Crippen LogP contribution in [-0.4, -0.2) is 39.0 Å². The lowest BCUT2D eigenvalue weighted by Gasteiger charge is -2.46. The highest BCUT2D eigenvalue weighted by Crippen LogP contribution is 2.62. The smallest absolute Gasteiger partial charge is 0.223 e. The highest BCUT2D eigenvalue weighted by molar-refractivity contribution is 6.33. The zero-order valence-electron chi connectivity index (χ0n) is 20.8.